The largest absolute Gasteiger partial charge is 0.385 e. The van der Waals surface area contributed by atoms with Crippen molar-refractivity contribution in [3.63, 3.8) is 0 Å². The molecule has 2 aromatic heterocycles. The lowest BCUT2D eigenvalue weighted by Crippen LogP contribution is -2.22. The quantitative estimate of drug-likeness (QED) is 0.541. The number of carbonyl (C=O) groups is 1. The van der Waals surface area contributed by atoms with Crippen LogP contribution in [0.5, 0.6) is 0 Å². The van der Waals surface area contributed by atoms with Crippen molar-refractivity contribution in [1.29, 1.82) is 0 Å². The zero-order chi connectivity index (χ0) is 19.8. The van der Waals surface area contributed by atoms with Gasteiger partial charge in [0.1, 0.15) is 5.78 Å². The maximum absolute atomic E-state index is 12.6. The van der Waals surface area contributed by atoms with Crippen LogP contribution < -0.4 is 0 Å². The van der Waals surface area contributed by atoms with E-state index in [1.165, 1.54) is 0 Å². The van der Waals surface area contributed by atoms with Crippen LogP contribution in [0.25, 0.3) is 5.69 Å². The molecule has 0 radical (unpaired) electrons. The van der Waals surface area contributed by atoms with Crippen LogP contribution in [0.2, 0.25) is 5.15 Å². The number of thioether (sulfide) groups is 1. The molecule has 2 heterocycles. The minimum absolute atomic E-state index is 0.0610. The number of aromatic nitrogens is 3. The second-order valence-corrected chi connectivity index (χ2v) is 8.16. The second-order valence-electron chi connectivity index (χ2n) is 6.89. The third-order valence-electron chi connectivity index (χ3n) is 4.93. The van der Waals surface area contributed by atoms with Gasteiger partial charge >= 0.3 is 0 Å². The first-order valence-electron chi connectivity index (χ1n) is 9.14. The Kier molecular flexibility index (Phi) is 8.80. The van der Waals surface area contributed by atoms with Crippen LogP contribution in [-0.4, -0.2) is 46.3 Å². The summed E-state index contributed by atoms with van der Waals surface area (Å²) < 4.78 is 7.02. The molecule has 2 aromatic rings. The lowest BCUT2D eigenvalue weighted by atomic mass is 9.82. The molecule has 3 unspecified atom stereocenters. The molecule has 0 saturated carbocycles. The Hall–Kier alpha value is -1.37. The van der Waals surface area contributed by atoms with E-state index >= 15 is 0 Å². The van der Waals surface area contributed by atoms with E-state index in [0.717, 1.165) is 23.4 Å². The van der Waals surface area contributed by atoms with Gasteiger partial charge in [-0.25, -0.2) is 4.68 Å². The zero-order valence-electron chi connectivity index (χ0n) is 16.4. The van der Waals surface area contributed by atoms with Gasteiger partial charge in [0, 0.05) is 49.8 Å². The van der Waals surface area contributed by atoms with Crippen molar-refractivity contribution < 1.29 is 9.53 Å². The van der Waals surface area contributed by atoms with Crippen LogP contribution in [0.3, 0.4) is 0 Å². The molecule has 5 nitrogen and oxygen atoms in total. The summed E-state index contributed by atoms with van der Waals surface area (Å²) in [4.78, 5) is 16.8. The summed E-state index contributed by atoms with van der Waals surface area (Å²) in [5.74, 6) is 1.47. The summed E-state index contributed by atoms with van der Waals surface area (Å²) in [7, 11) is 1.69. The maximum Gasteiger partial charge on any atom is 0.154 e. The Morgan fingerprint density at radius 3 is 2.81 bits per heavy atom. The Morgan fingerprint density at radius 1 is 1.41 bits per heavy atom. The highest BCUT2D eigenvalue weighted by molar-refractivity contribution is 7.98. The third kappa shape index (κ3) is 6.06. The first kappa shape index (κ1) is 21.9. The fraction of sp³-hybridized carbons (Fsp3) is 0.550. The molecule has 0 bridgehead atoms. The topological polar surface area (TPSA) is 57.0 Å². The van der Waals surface area contributed by atoms with Crippen LogP contribution in [0.15, 0.2) is 30.7 Å². The molecule has 0 saturated heterocycles. The van der Waals surface area contributed by atoms with Crippen LogP contribution in [0.4, 0.5) is 0 Å². The van der Waals surface area contributed by atoms with Gasteiger partial charge in [0.25, 0.3) is 0 Å². The standard InChI is InChI=1S/C20H28ClN3O2S/c1-14(13-27-4)19(25)10-16(7-9-26-3)15(2)18-12-24(23-20(18)21)17-6-5-8-22-11-17/h5-6,8,11-12,14-16H,7,9-10,13H2,1-4H3. The lowest BCUT2D eigenvalue weighted by Gasteiger charge is -2.24. The maximum atomic E-state index is 12.6. The molecule has 0 fully saturated rings. The number of hydrogen-bond acceptors (Lipinski definition) is 5. The molecule has 0 amide bonds. The van der Waals surface area contributed by atoms with E-state index in [-0.39, 0.29) is 17.8 Å². The molecular weight excluding hydrogens is 382 g/mol. The van der Waals surface area contributed by atoms with Gasteiger partial charge in [-0.05, 0) is 36.6 Å². The van der Waals surface area contributed by atoms with Crippen LogP contribution in [0.1, 0.15) is 38.2 Å². The van der Waals surface area contributed by atoms with E-state index in [4.69, 9.17) is 16.3 Å². The molecular formula is C20H28ClN3O2S. The highest BCUT2D eigenvalue weighted by atomic mass is 35.5. The molecule has 0 aliphatic heterocycles. The van der Waals surface area contributed by atoms with E-state index in [2.05, 4.69) is 17.0 Å². The molecule has 7 heteroatoms. The third-order valence-corrected chi connectivity index (χ3v) is 6.05. The molecule has 0 aliphatic rings. The van der Waals surface area contributed by atoms with E-state index in [9.17, 15) is 4.79 Å². The Morgan fingerprint density at radius 2 is 2.19 bits per heavy atom. The Balaban J connectivity index is 2.20. The molecule has 0 N–H and O–H groups in total. The molecule has 148 valence electrons. The number of methoxy groups -OCH3 is 1. The smallest absolute Gasteiger partial charge is 0.154 e. The van der Waals surface area contributed by atoms with Gasteiger partial charge in [0.15, 0.2) is 5.15 Å². The first-order chi connectivity index (χ1) is 13.0. The lowest BCUT2D eigenvalue weighted by molar-refractivity contribution is -0.123. The monoisotopic (exact) mass is 409 g/mol. The molecule has 0 aromatic carbocycles. The number of ketones is 1. The van der Waals surface area contributed by atoms with Crippen molar-refractivity contribution in [3.8, 4) is 5.69 Å². The Bertz CT molecular complexity index is 723. The van der Waals surface area contributed by atoms with Gasteiger partial charge in [0.05, 0.1) is 11.9 Å². The number of rotatable bonds is 11. The molecule has 0 aliphatic carbocycles. The van der Waals surface area contributed by atoms with E-state index in [1.807, 2.05) is 31.5 Å². The summed E-state index contributed by atoms with van der Waals surface area (Å²) in [6.07, 6.45) is 8.78. The summed E-state index contributed by atoms with van der Waals surface area (Å²) in [5, 5.41) is 4.90. The fourth-order valence-corrected chi connectivity index (χ4v) is 4.14. The van der Waals surface area contributed by atoms with Gasteiger partial charge in [-0.3, -0.25) is 9.78 Å². The van der Waals surface area contributed by atoms with Gasteiger partial charge < -0.3 is 4.74 Å². The summed E-state index contributed by atoms with van der Waals surface area (Å²) >= 11 is 8.15. The SMILES string of the molecule is COCCC(CC(=O)C(C)CSC)C(C)c1cn(-c2cccnc2)nc1Cl. The average Bonchev–Trinajstić information content (AvgIpc) is 3.07. The minimum Gasteiger partial charge on any atom is -0.385 e. The molecule has 2 rings (SSSR count). The van der Waals surface area contributed by atoms with Crippen molar-refractivity contribution in [1.82, 2.24) is 14.8 Å². The highest BCUT2D eigenvalue weighted by Crippen LogP contribution is 2.34. The molecule has 27 heavy (non-hydrogen) atoms. The molecule has 0 spiro atoms. The van der Waals surface area contributed by atoms with Gasteiger partial charge in [-0.15, -0.1) is 0 Å². The number of Topliss-reactive ketones (excluding diaryl/α,β-unsaturated/α-hetero) is 1. The Labute approximate surface area is 170 Å². The average molecular weight is 410 g/mol. The number of nitrogens with zero attached hydrogens (tertiary/aromatic N) is 3. The van der Waals surface area contributed by atoms with Crippen molar-refractivity contribution in [2.45, 2.75) is 32.6 Å². The van der Waals surface area contributed by atoms with Crippen molar-refractivity contribution in [2.75, 3.05) is 25.7 Å². The van der Waals surface area contributed by atoms with E-state index in [1.54, 1.807) is 35.9 Å². The predicted molar refractivity (Wildman–Crippen MR) is 112 cm³/mol. The van der Waals surface area contributed by atoms with E-state index < -0.39 is 0 Å². The van der Waals surface area contributed by atoms with Crippen molar-refractivity contribution >= 4 is 29.1 Å². The van der Waals surface area contributed by atoms with Gasteiger partial charge in [0.2, 0.25) is 0 Å². The summed E-state index contributed by atoms with van der Waals surface area (Å²) in [6, 6.07) is 3.79. The minimum atomic E-state index is 0.0610. The number of carbonyl (C=O) groups excluding carboxylic acids is 1. The van der Waals surface area contributed by atoms with Crippen molar-refractivity contribution in [3.05, 3.63) is 41.4 Å². The molecule has 3 atom stereocenters. The summed E-state index contributed by atoms with van der Waals surface area (Å²) in [6.45, 7) is 4.74. The fourth-order valence-electron chi connectivity index (χ4n) is 3.15. The summed E-state index contributed by atoms with van der Waals surface area (Å²) in [5.41, 5.74) is 1.81. The number of halogens is 1. The van der Waals surface area contributed by atoms with Crippen LogP contribution >= 0.6 is 23.4 Å². The number of pyridine rings is 1. The van der Waals surface area contributed by atoms with Crippen LogP contribution in [-0.2, 0) is 9.53 Å². The van der Waals surface area contributed by atoms with E-state index in [0.29, 0.717) is 24.0 Å². The second kappa shape index (κ2) is 10.8. The van der Waals surface area contributed by atoms with Gasteiger partial charge in [-0.2, -0.15) is 16.9 Å². The van der Waals surface area contributed by atoms with Crippen LogP contribution in [0, 0.1) is 11.8 Å². The number of hydrogen-bond donors (Lipinski definition) is 0. The van der Waals surface area contributed by atoms with Gasteiger partial charge in [-0.1, -0.05) is 25.4 Å². The van der Waals surface area contributed by atoms with Crippen molar-refractivity contribution in [2.24, 2.45) is 11.8 Å². The highest BCUT2D eigenvalue weighted by Gasteiger charge is 2.27. The zero-order valence-corrected chi connectivity index (χ0v) is 18.0. The normalized spacial score (nSPS) is 14.7. The number of ether oxygens (including phenoxy) is 1. The predicted octanol–water partition coefficient (Wildman–Crippen LogP) is 4.64. The first-order valence-corrected chi connectivity index (χ1v) is 10.9.